The summed E-state index contributed by atoms with van der Waals surface area (Å²) in [6.07, 6.45) is 8.39. The minimum atomic E-state index is 0.00281. The summed E-state index contributed by atoms with van der Waals surface area (Å²) in [4.78, 5) is 12.3. The van der Waals surface area contributed by atoms with Gasteiger partial charge in [-0.15, -0.1) is 0 Å². The Morgan fingerprint density at radius 1 is 1.33 bits per heavy atom. The van der Waals surface area contributed by atoms with Crippen molar-refractivity contribution in [3.05, 3.63) is 53.3 Å². The quantitative estimate of drug-likeness (QED) is 0.937. The van der Waals surface area contributed by atoms with Crippen LogP contribution in [0, 0.1) is 0 Å². The standard InChI is InChI=1S/C17H21N3O/c1-13(12-20-10-4-9-18-20)19-17(21)16-8-7-14-5-2-3-6-15(14)11-16/h4,7-11,13H,2-3,5-6,12H2,1H3,(H,19,21). The maximum atomic E-state index is 12.3. The Bertz CT molecular complexity index is 619. The monoisotopic (exact) mass is 283 g/mol. The smallest absolute Gasteiger partial charge is 0.251 e. The molecule has 1 aliphatic rings. The predicted molar refractivity (Wildman–Crippen MR) is 82.2 cm³/mol. The third kappa shape index (κ3) is 3.32. The molecule has 0 saturated carbocycles. The molecule has 1 aliphatic carbocycles. The van der Waals surface area contributed by atoms with Gasteiger partial charge in [0.15, 0.2) is 0 Å². The van der Waals surface area contributed by atoms with Gasteiger partial charge < -0.3 is 5.32 Å². The molecule has 4 nitrogen and oxygen atoms in total. The third-order valence-corrected chi connectivity index (χ3v) is 4.01. The van der Waals surface area contributed by atoms with Gasteiger partial charge in [-0.1, -0.05) is 6.07 Å². The van der Waals surface area contributed by atoms with E-state index in [2.05, 4.69) is 22.5 Å². The van der Waals surface area contributed by atoms with Crippen molar-refractivity contribution in [1.82, 2.24) is 15.1 Å². The number of hydrogen-bond acceptors (Lipinski definition) is 2. The summed E-state index contributed by atoms with van der Waals surface area (Å²) < 4.78 is 1.83. The number of aromatic nitrogens is 2. The van der Waals surface area contributed by atoms with E-state index in [-0.39, 0.29) is 11.9 Å². The third-order valence-electron chi connectivity index (χ3n) is 4.01. The van der Waals surface area contributed by atoms with Crippen LogP contribution < -0.4 is 5.32 Å². The molecule has 1 atom stereocenters. The fraction of sp³-hybridized carbons (Fsp3) is 0.412. The second kappa shape index (κ2) is 6.12. The van der Waals surface area contributed by atoms with Crippen molar-refractivity contribution < 1.29 is 4.79 Å². The summed E-state index contributed by atoms with van der Waals surface area (Å²) in [5.74, 6) is 0.00281. The van der Waals surface area contributed by atoms with Crippen LogP contribution >= 0.6 is 0 Å². The Kier molecular flexibility index (Phi) is 4.04. The zero-order valence-corrected chi connectivity index (χ0v) is 12.4. The molecule has 1 amide bonds. The Morgan fingerprint density at radius 3 is 2.90 bits per heavy atom. The molecular weight excluding hydrogens is 262 g/mol. The first kappa shape index (κ1) is 13.9. The molecule has 110 valence electrons. The van der Waals surface area contributed by atoms with Crippen molar-refractivity contribution in [3.63, 3.8) is 0 Å². The molecule has 1 N–H and O–H groups in total. The molecule has 1 aromatic carbocycles. The van der Waals surface area contributed by atoms with Gasteiger partial charge in [0.05, 0.1) is 6.54 Å². The maximum absolute atomic E-state index is 12.3. The van der Waals surface area contributed by atoms with E-state index in [1.807, 2.05) is 29.9 Å². The highest BCUT2D eigenvalue weighted by Gasteiger charge is 2.14. The summed E-state index contributed by atoms with van der Waals surface area (Å²) in [7, 11) is 0. The number of fused-ring (bicyclic) bond motifs is 1. The van der Waals surface area contributed by atoms with Crippen LogP contribution in [0.3, 0.4) is 0 Å². The molecule has 1 unspecified atom stereocenters. The number of nitrogens with one attached hydrogen (secondary N) is 1. The van der Waals surface area contributed by atoms with Crippen molar-refractivity contribution in [2.24, 2.45) is 0 Å². The molecule has 0 fully saturated rings. The summed E-state index contributed by atoms with van der Waals surface area (Å²) in [5, 5.41) is 7.20. The van der Waals surface area contributed by atoms with Crippen LogP contribution in [0.4, 0.5) is 0 Å². The highest BCUT2D eigenvalue weighted by molar-refractivity contribution is 5.94. The van der Waals surface area contributed by atoms with Gasteiger partial charge in [0, 0.05) is 24.0 Å². The molecule has 0 spiro atoms. The fourth-order valence-electron chi connectivity index (χ4n) is 2.92. The average Bonchev–Trinajstić information content (AvgIpc) is 2.99. The van der Waals surface area contributed by atoms with E-state index in [9.17, 15) is 4.79 Å². The van der Waals surface area contributed by atoms with E-state index >= 15 is 0 Å². The minimum absolute atomic E-state index is 0.00281. The molecule has 0 saturated heterocycles. The van der Waals surface area contributed by atoms with Crippen LogP contribution in [0.1, 0.15) is 41.3 Å². The van der Waals surface area contributed by atoms with Gasteiger partial charge in [0.25, 0.3) is 5.91 Å². The summed E-state index contributed by atoms with van der Waals surface area (Å²) in [6.45, 7) is 2.68. The lowest BCUT2D eigenvalue weighted by Gasteiger charge is -2.18. The highest BCUT2D eigenvalue weighted by atomic mass is 16.1. The van der Waals surface area contributed by atoms with Gasteiger partial charge in [-0.05, 0) is 61.9 Å². The Balaban J connectivity index is 1.64. The van der Waals surface area contributed by atoms with Crippen molar-refractivity contribution in [2.45, 2.75) is 45.2 Å². The highest BCUT2D eigenvalue weighted by Crippen LogP contribution is 2.22. The fourth-order valence-corrected chi connectivity index (χ4v) is 2.92. The molecule has 4 heteroatoms. The Morgan fingerprint density at radius 2 is 2.14 bits per heavy atom. The number of aryl methyl sites for hydroxylation is 2. The molecule has 3 rings (SSSR count). The average molecular weight is 283 g/mol. The normalized spacial score (nSPS) is 15.3. The van der Waals surface area contributed by atoms with Crippen molar-refractivity contribution in [3.8, 4) is 0 Å². The summed E-state index contributed by atoms with van der Waals surface area (Å²) in [6, 6.07) is 8.05. The van der Waals surface area contributed by atoms with Crippen LogP contribution in [0.5, 0.6) is 0 Å². The number of carbonyl (C=O) groups excluding carboxylic acids is 1. The molecule has 0 radical (unpaired) electrons. The van der Waals surface area contributed by atoms with Gasteiger partial charge in [-0.25, -0.2) is 0 Å². The molecule has 1 heterocycles. The van der Waals surface area contributed by atoms with E-state index < -0.39 is 0 Å². The van der Waals surface area contributed by atoms with Crippen molar-refractivity contribution in [2.75, 3.05) is 0 Å². The lowest BCUT2D eigenvalue weighted by atomic mass is 9.90. The van der Waals surface area contributed by atoms with Crippen molar-refractivity contribution >= 4 is 5.91 Å². The lowest BCUT2D eigenvalue weighted by molar-refractivity contribution is 0.0936. The van der Waals surface area contributed by atoms with Gasteiger partial charge >= 0.3 is 0 Å². The molecule has 21 heavy (non-hydrogen) atoms. The van der Waals surface area contributed by atoms with E-state index in [1.54, 1.807) is 6.20 Å². The number of nitrogens with zero attached hydrogens (tertiary/aromatic N) is 2. The largest absolute Gasteiger partial charge is 0.348 e. The number of hydrogen-bond donors (Lipinski definition) is 1. The molecule has 2 aromatic rings. The molecule has 0 aliphatic heterocycles. The zero-order chi connectivity index (χ0) is 14.7. The van der Waals surface area contributed by atoms with E-state index in [4.69, 9.17) is 0 Å². The lowest BCUT2D eigenvalue weighted by Crippen LogP contribution is -2.35. The molecule has 1 aromatic heterocycles. The number of amides is 1. The van der Waals surface area contributed by atoms with E-state index in [1.165, 1.54) is 24.0 Å². The second-order valence-electron chi connectivity index (χ2n) is 5.79. The van der Waals surface area contributed by atoms with Crippen LogP contribution in [0.15, 0.2) is 36.7 Å². The van der Waals surface area contributed by atoms with Gasteiger partial charge in [0.1, 0.15) is 0 Å². The first-order valence-electron chi connectivity index (χ1n) is 7.62. The first-order chi connectivity index (χ1) is 10.2. The van der Waals surface area contributed by atoms with E-state index in [0.29, 0.717) is 6.54 Å². The molecular formula is C17H21N3O. The summed E-state index contributed by atoms with van der Waals surface area (Å²) in [5.41, 5.74) is 3.51. The zero-order valence-electron chi connectivity index (χ0n) is 12.4. The predicted octanol–water partition coefficient (Wildman–Crippen LogP) is 2.58. The number of benzene rings is 1. The van der Waals surface area contributed by atoms with Crippen LogP contribution in [0.25, 0.3) is 0 Å². The minimum Gasteiger partial charge on any atom is -0.348 e. The topological polar surface area (TPSA) is 46.9 Å². The molecule has 0 bridgehead atoms. The number of rotatable bonds is 4. The Labute approximate surface area is 125 Å². The van der Waals surface area contributed by atoms with Crippen LogP contribution in [-0.2, 0) is 19.4 Å². The van der Waals surface area contributed by atoms with Gasteiger partial charge in [-0.3, -0.25) is 9.48 Å². The van der Waals surface area contributed by atoms with Gasteiger partial charge in [-0.2, -0.15) is 5.10 Å². The Hall–Kier alpha value is -2.10. The summed E-state index contributed by atoms with van der Waals surface area (Å²) >= 11 is 0. The SMILES string of the molecule is CC(Cn1cccn1)NC(=O)c1ccc2c(c1)CCCC2. The number of carbonyl (C=O) groups is 1. The van der Waals surface area contributed by atoms with Crippen LogP contribution in [-0.4, -0.2) is 21.7 Å². The van der Waals surface area contributed by atoms with Crippen LogP contribution in [0.2, 0.25) is 0 Å². The second-order valence-corrected chi connectivity index (χ2v) is 5.79. The van der Waals surface area contributed by atoms with Gasteiger partial charge in [0.2, 0.25) is 0 Å². The van der Waals surface area contributed by atoms with E-state index in [0.717, 1.165) is 18.4 Å². The first-order valence-corrected chi connectivity index (χ1v) is 7.62. The van der Waals surface area contributed by atoms with Crippen molar-refractivity contribution in [1.29, 1.82) is 0 Å². The maximum Gasteiger partial charge on any atom is 0.251 e.